The second kappa shape index (κ2) is 4.94. The van der Waals surface area contributed by atoms with Gasteiger partial charge in [-0.25, -0.2) is 8.78 Å². The van der Waals surface area contributed by atoms with Crippen molar-refractivity contribution < 1.29 is 18.4 Å². The fourth-order valence-electron chi connectivity index (χ4n) is 2.61. The molecule has 0 aromatic heterocycles. The maximum Gasteiger partial charge on any atom is 0.250 e. The normalized spacial score (nSPS) is 26.0. The van der Waals surface area contributed by atoms with Crippen LogP contribution in [0.3, 0.4) is 0 Å². The van der Waals surface area contributed by atoms with Crippen LogP contribution >= 0.6 is 11.6 Å². The van der Waals surface area contributed by atoms with Crippen LogP contribution in [0.4, 0.5) is 14.5 Å². The monoisotopic (exact) mass is 314 g/mol. The maximum absolute atomic E-state index is 14.1. The van der Waals surface area contributed by atoms with Gasteiger partial charge in [0.1, 0.15) is 17.9 Å². The van der Waals surface area contributed by atoms with E-state index in [-0.39, 0.29) is 22.5 Å². The smallest absolute Gasteiger partial charge is 0.250 e. The van der Waals surface area contributed by atoms with E-state index in [0.29, 0.717) is 6.07 Å². The first-order valence-electron chi connectivity index (χ1n) is 6.68. The van der Waals surface area contributed by atoms with Crippen molar-refractivity contribution in [3.63, 3.8) is 0 Å². The summed E-state index contributed by atoms with van der Waals surface area (Å²) < 4.78 is 27.2. The Morgan fingerprint density at radius 1 is 1.29 bits per heavy atom. The standard InChI is InChI=1S/C14H13ClF2N2O2/c1-6-13(20)18-11(7-2-3-7)14(21)19(6)12-9(15)4-8(16)5-10(12)17/h4-7,11H,2-3H2,1H3,(H,18,20). The van der Waals surface area contributed by atoms with E-state index in [1.54, 1.807) is 0 Å². The van der Waals surface area contributed by atoms with Crippen LogP contribution in [-0.2, 0) is 9.59 Å². The van der Waals surface area contributed by atoms with E-state index in [4.69, 9.17) is 11.6 Å². The molecule has 7 heteroatoms. The van der Waals surface area contributed by atoms with Crippen LogP contribution in [0.1, 0.15) is 19.8 Å². The molecule has 1 saturated carbocycles. The third-order valence-corrected chi connectivity index (χ3v) is 4.17. The van der Waals surface area contributed by atoms with Crippen LogP contribution in [0.2, 0.25) is 5.02 Å². The Hall–Kier alpha value is -1.69. The summed E-state index contributed by atoms with van der Waals surface area (Å²) in [6.45, 7) is 1.48. The minimum absolute atomic E-state index is 0.0822. The highest BCUT2D eigenvalue weighted by atomic mass is 35.5. The second-order valence-electron chi connectivity index (χ2n) is 5.43. The molecular formula is C14H13ClF2N2O2. The summed E-state index contributed by atoms with van der Waals surface area (Å²) in [7, 11) is 0. The number of rotatable bonds is 2. The van der Waals surface area contributed by atoms with Gasteiger partial charge in [0.05, 0.1) is 10.7 Å². The van der Waals surface area contributed by atoms with Crippen molar-refractivity contribution in [2.45, 2.75) is 31.8 Å². The summed E-state index contributed by atoms with van der Waals surface area (Å²) in [4.78, 5) is 25.6. The third kappa shape index (κ3) is 2.37. The van der Waals surface area contributed by atoms with Crippen molar-refractivity contribution >= 4 is 29.1 Å². The molecule has 1 aliphatic heterocycles. The Bertz CT molecular complexity index is 610. The maximum atomic E-state index is 14.1. The molecule has 4 nitrogen and oxygen atoms in total. The van der Waals surface area contributed by atoms with Crippen LogP contribution < -0.4 is 10.2 Å². The Kier molecular flexibility index (Phi) is 3.36. The van der Waals surface area contributed by atoms with Crippen molar-refractivity contribution in [3.05, 3.63) is 28.8 Å². The lowest BCUT2D eigenvalue weighted by atomic mass is 10.0. The molecule has 3 rings (SSSR count). The van der Waals surface area contributed by atoms with Gasteiger partial charge in [-0.3, -0.25) is 14.5 Å². The zero-order valence-electron chi connectivity index (χ0n) is 11.2. The fourth-order valence-corrected chi connectivity index (χ4v) is 2.90. The number of nitrogens with one attached hydrogen (secondary N) is 1. The number of halogens is 3. The number of carbonyl (C=O) groups excluding carboxylic acids is 2. The molecule has 0 spiro atoms. The number of benzene rings is 1. The first-order chi connectivity index (χ1) is 9.90. The van der Waals surface area contributed by atoms with Crippen molar-refractivity contribution in [3.8, 4) is 0 Å². The minimum Gasteiger partial charge on any atom is -0.342 e. The average Bonchev–Trinajstić information content (AvgIpc) is 3.21. The molecule has 0 radical (unpaired) electrons. The number of carbonyl (C=O) groups is 2. The Labute approximate surface area is 125 Å². The molecule has 0 bridgehead atoms. The van der Waals surface area contributed by atoms with Gasteiger partial charge < -0.3 is 5.32 Å². The van der Waals surface area contributed by atoms with E-state index in [9.17, 15) is 18.4 Å². The zero-order valence-corrected chi connectivity index (χ0v) is 12.0. The van der Waals surface area contributed by atoms with Crippen molar-refractivity contribution in [2.75, 3.05) is 4.90 Å². The van der Waals surface area contributed by atoms with Gasteiger partial charge in [0.2, 0.25) is 5.91 Å². The molecule has 1 aromatic rings. The largest absolute Gasteiger partial charge is 0.342 e. The number of anilines is 1. The highest BCUT2D eigenvalue weighted by Gasteiger charge is 2.47. The van der Waals surface area contributed by atoms with E-state index in [1.165, 1.54) is 6.92 Å². The lowest BCUT2D eigenvalue weighted by Crippen LogP contribution is -2.63. The molecule has 1 aromatic carbocycles. The van der Waals surface area contributed by atoms with Gasteiger partial charge in [-0.1, -0.05) is 11.6 Å². The molecule has 21 heavy (non-hydrogen) atoms. The van der Waals surface area contributed by atoms with E-state index in [0.717, 1.165) is 23.8 Å². The summed E-state index contributed by atoms with van der Waals surface area (Å²) >= 11 is 5.88. The molecule has 1 saturated heterocycles. The molecule has 112 valence electrons. The summed E-state index contributed by atoms with van der Waals surface area (Å²) in [6, 6.07) is 0.0255. The SMILES string of the molecule is CC1C(=O)NC(C2CC2)C(=O)N1c1c(F)cc(F)cc1Cl. The molecule has 2 unspecified atom stereocenters. The number of amides is 2. The summed E-state index contributed by atoms with van der Waals surface area (Å²) in [5.74, 6) is -2.48. The summed E-state index contributed by atoms with van der Waals surface area (Å²) in [5, 5.41) is 2.43. The molecule has 2 aliphatic rings. The van der Waals surface area contributed by atoms with Crippen LogP contribution in [0.5, 0.6) is 0 Å². The average molecular weight is 315 g/mol. The van der Waals surface area contributed by atoms with E-state index < -0.39 is 29.6 Å². The summed E-state index contributed by atoms with van der Waals surface area (Å²) in [5.41, 5.74) is -0.240. The number of nitrogens with zero attached hydrogens (tertiary/aromatic N) is 1. The second-order valence-corrected chi connectivity index (χ2v) is 5.83. The lowest BCUT2D eigenvalue weighted by molar-refractivity contribution is -0.134. The Morgan fingerprint density at radius 2 is 1.95 bits per heavy atom. The van der Waals surface area contributed by atoms with E-state index >= 15 is 0 Å². The molecule has 2 amide bonds. The molecule has 1 aliphatic carbocycles. The highest BCUT2D eigenvalue weighted by molar-refractivity contribution is 6.34. The third-order valence-electron chi connectivity index (χ3n) is 3.88. The van der Waals surface area contributed by atoms with E-state index in [2.05, 4.69) is 5.32 Å². The number of hydrogen-bond donors (Lipinski definition) is 1. The Morgan fingerprint density at radius 3 is 2.52 bits per heavy atom. The van der Waals surface area contributed by atoms with Gasteiger partial charge in [-0.15, -0.1) is 0 Å². The first-order valence-corrected chi connectivity index (χ1v) is 7.06. The van der Waals surface area contributed by atoms with Gasteiger partial charge >= 0.3 is 0 Å². The zero-order chi connectivity index (χ0) is 15.3. The predicted molar refractivity (Wildman–Crippen MR) is 73.0 cm³/mol. The van der Waals surface area contributed by atoms with Gasteiger partial charge in [0.25, 0.3) is 5.91 Å². The minimum atomic E-state index is -0.954. The number of hydrogen-bond acceptors (Lipinski definition) is 2. The fraction of sp³-hybridized carbons (Fsp3) is 0.429. The highest BCUT2D eigenvalue weighted by Crippen LogP contribution is 2.38. The summed E-state index contributed by atoms with van der Waals surface area (Å²) in [6.07, 6.45) is 1.69. The quantitative estimate of drug-likeness (QED) is 0.910. The molecule has 2 atom stereocenters. The Balaban J connectivity index is 2.06. The van der Waals surface area contributed by atoms with Gasteiger partial charge in [-0.2, -0.15) is 0 Å². The molecular weight excluding hydrogens is 302 g/mol. The molecule has 2 fully saturated rings. The molecule has 1 heterocycles. The first kappa shape index (κ1) is 14.3. The number of piperazine rings is 1. The van der Waals surface area contributed by atoms with Crippen molar-refractivity contribution in [2.24, 2.45) is 5.92 Å². The van der Waals surface area contributed by atoms with Crippen LogP contribution in [0.25, 0.3) is 0 Å². The van der Waals surface area contributed by atoms with E-state index in [1.807, 2.05) is 0 Å². The topological polar surface area (TPSA) is 49.4 Å². The van der Waals surface area contributed by atoms with Gasteiger partial charge in [-0.05, 0) is 31.7 Å². The van der Waals surface area contributed by atoms with Crippen LogP contribution in [0.15, 0.2) is 12.1 Å². The lowest BCUT2D eigenvalue weighted by Gasteiger charge is -2.38. The predicted octanol–water partition coefficient (Wildman–Crippen LogP) is 2.25. The van der Waals surface area contributed by atoms with Crippen molar-refractivity contribution in [1.82, 2.24) is 5.32 Å². The van der Waals surface area contributed by atoms with Gasteiger partial charge in [0.15, 0.2) is 5.82 Å². The van der Waals surface area contributed by atoms with Crippen LogP contribution in [0, 0.1) is 17.6 Å². The van der Waals surface area contributed by atoms with Gasteiger partial charge in [0, 0.05) is 6.07 Å². The van der Waals surface area contributed by atoms with Crippen molar-refractivity contribution in [1.29, 1.82) is 0 Å². The molecule has 1 N–H and O–H groups in total. The van der Waals surface area contributed by atoms with Crippen LogP contribution in [-0.4, -0.2) is 23.9 Å².